The van der Waals surface area contributed by atoms with E-state index in [1.807, 2.05) is 24.3 Å². The minimum Gasteiger partial charge on any atom is -0.496 e. The quantitative estimate of drug-likeness (QED) is 0.822. The molecule has 4 nitrogen and oxygen atoms in total. The summed E-state index contributed by atoms with van der Waals surface area (Å²) in [5, 5.41) is 12.7. The highest BCUT2D eigenvalue weighted by Crippen LogP contribution is 2.39. The van der Waals surface area contributed by atoms with Crippen molar-refractivity contribution >= 4 is 15.9 Å². The summed E-state index contributed by atoms with van der Waals surface area (Å²) in [6.45, 7) is 6.40. The third-order valence-corrected chi connectivity index (χ3v) is 3.79. The van der Waals surface area contributed by atoms with Gasteiger partial charge in [0.2, 0.25) is 0 Å². The summed E-state index contributed by atoms with van der Waals surface area (Å²) in [6.07, 6.45) is 0. The summed E-state index contributed by atoms with van der Waals surface area (Å²) in [7, 11) is 1.60. The van der Waals surface area contributed by atoms with Crippen molar-refractivity contribution in [3.63, 3.8) is 0 Å². The number of nitrogens with zero attached hydrogens (tertiary/aromatic N) is 2. The number of ether oxygens (including phenoxy) is 1. The lowest BCUT2D eigenvalue weighted by atomic mass is 9.86. The van der Waals surface area contributed by atoms with Gasteiger partial charge in [-0.15, -0.1) is 0 Å². The zero-order valence-electron chi connectivity index (χ0n) is 11.8. The fraction of sp³-hybridized carbons (Fsp3) is 0.333. The molecule has 0 aliphatic carbocycles. The molecule has 5 heteroatoms. The Kier molecular flexibility index (Phi) is 3.87. The van der Waals surface area contributed by atoms with Gasteiger partial charge in [0.1, 0.15) is 16.3 Å². The van der Waals surface area contributed by atoms with Gasteiger partial charge in [-0.25, -0.2) is 0 Å². The fourth-order valence-corrected chi connectivity index (χ4v) is 2.31. The van der Waals surface area contributed by atoms with Crippen molar-refractivity contribution in [2.75, 3.05) is 7.11 Å². The molecule has 0 atom stereocenters. The second kappa shape index (κ2) is 5.29. The van der Waals surface area contributed by atoms with Gasteiger partial charge in [0.15, 0.2) is 11.5 Å². The summed E-state index contributed by atoms with van der Waals surface area (Å²) in [5.41, 5.74) is 2.16. The highest BCUT2D eigenvalue weighted by atomic mass is 79.9. The van der Waals surface area contributed by atoms with Crippen LogP contribution in [0.1, 0.15) is 32.0 Å². The number of nitriles is 1. The van der Waals surface area contributed by atoms with Gasteiger partial charge in [-0.2, -0.15) is 5.26 Å². The Labute approximate surface area is 126 Å². The van der Waals surface area contributed by atoms with E-state index in [0.29, 0.717) is 16.0 Å². The van der Waals surface area contributed by atoms with E-state index in [1.165, 1.54) is 0 Å². The third-order valence-electron chi connectivity index (χ3n) is 3.05. The van der Waals surface area contributed by atoms with E-state index >= 15 is 0 Å². The zero-order valence-corrected chi connectivity index (χ0v) is 13.4. The van der Waals surface area contributed by atoms with Crippen molar-refractivity contribution in [3.8, 4) is 23.1 Å². The normalized spacial score (nSPS) is 11.2. The van der Waals surface area contributed by atoms with E-state index in [9.17, 15) is 0 Å². The molecule has 0 bridgehead atoms. The molecule has 0 spiro atoms. The summed E-state index contributed by atoms with van der Waals surface area (Å²) in [4.78, 5) is 0. The van der Waals surface area contributed by atoms with Gasteiger partial charge in [-0.1, -0.05) is 32.0 Å². The number of hydrogen-bond acceptors (Lipinski definition) is 4. The zero-order chi connectivity index (χ0) is 14.9. The monoisotopic (exact) mass is 334 g/mol. The number of benzene rings is 1. The van der Waals surface area contributed by atoms with Crippen molar-refractivity contribution in [3.05, 3.63) is 33.9 Å². The van der Waals surface area contributed by atoms with Crippen LogP contribution < -0.4 is 4.74 Å². The first-order valence-electron chi connectivity index (χ1n) is 6.12. The average molecular weight is 335 g/mol. The second-order valence-corrected chi connectivity index (χ2v) is 6.24. The second-order valence-electron chi connectivity index (χ2n) is 5.45. The molecule has 20 heavy (non-hydrogen) atoms. The van der Waals surface area contributed by atoms with Crippen LogP contribution in [-0.2, 0) is 5.41 Å². The predicted molar refractivity (Wildman–Crippen MR) is 79.6 cm³/mol. The Bertz CT molecular complexity index is 678. The number of hydrogen-bond donors (Lipinski definition) is 0. The fourth-order valence-electron chi connectivity index (χ4n) is 1.87. The van der Waals surface area contributed by atoms with Crippen LogP contribution in [0.5, 0.6) is 5.75 Å². The number of halogens is 1. The van der Waals surface area contributed by atoms with Crippen LogP contribution in [-0.4, -0.2) is 12.3 Å². The van der Waals surface area contributed by atoms with Crippen LogP contribution in [0.2, 0.25) is 0 Å². The van der Waals surface area contributed by atoms with E-state index < -0.39 is 0 Å². The molecule has 1 heterocycles. The molecule has 2 rings (SSSR count). The van der Waals surface area contributed by atoms with Crippen LogP contribution in [0, 0.1) is 11.3 Å². The maximum absolute atomic E-state index is 8.96. The predicted octanol–water partition coefficient (Wildman–Crippen LogP) is 4.28. The standard InChI is InChI=1S/C15H15BrN2O2/c1-15(2,3)9-5-6-12(19-4)10(7-9)14-13(16)11(8-17)18-20-14/h5-7H,1-4H3. The van der Waals surface area contributed by atoms with Crippen LogP contribution in [0.25, 0.3) is 11.3 Å². The van der Waals surface area contributed by atoms with E-state index in [0.717, 1.165) is 11.1 Å². The molecule has 0 radical (unpaired) electrons. The summed E-state index contributed by atoms with van der Waals surface area (Å²) in [6, 6.07) is 7.91. The van der Waals surface area contributed by atoms with Crippen molar-refractivity contribution in [1.82, 2.24) is 5.16 Å². The molecule has 104 valence electrons. The van der Waals surface area contributed by atoms with Gasteiger partial charge in [-0.05, 0) is 39.0 Å². The lowest BCUT2D eigenvalue weighted by molar-refractivity contribution is 0.405. The number of methoxy groups -OCH3 is 1. The van der Waals surface area contributed by atoms with Crippen molar-refractivity contribution in [2.45, 2.75) is 26.2 Å². The van der Waals surface area contributed by atoms with Gasteiger partial charge in [0.05, 0.1) is 12.7 Å². The Morgan fingerprint density at radius 3 is 2.55 bits per heavy atom. The summed E-state index contributed by atoms with van der Waals surface area (Å²) in [5.74, 6) is 1.18. The number of rotatable bonds is 2. The Hall–Kier alpha value is -1.80. The topological polar surface area (TPSA) is 59.1 Å². The lowest BCUT2D eigenvalue weighted by Gasteiger charge is -2.20. The van der Waals surface area contributed by atoms with Gasteiger partial charge < -0.3 is 9.26 Å². The van der Waals surface area contributed by atoms with Gasteiger partial charge in [-0.3, -0.25) is 0 Å². The molecule has 0 N–H and O–H groups in total. The maximum atomic E-state index is 8.96. The molecule has 0 saturated carbocycles. The van der Waals surface area contributed by atoms with E-state index in [1.54, 1.807) is 7.11 Å². The van der Waals surface area contributed by atoms with Crippen LogP contribution in [0.15, 0.2) is 27.2 Å². The Morgan fingerprint density at radius 1 is 1.35 bits per heavy atom. The SMILES string of the molecule is COc1ccc(C(C)(C)C)cc1-c1onc(C#N)c1Br. The summed E-state index contributed by atoms with van der Waals surface area (Å²) >= 11 is 3.35. The first kappa shape index (κ1) is 14.6. The van der Waals surface area contributed by atoms with E-state index in [4.69, 9.17) is 14.5 Å². The molecule has 0 aliphatic heterocycles. The molecule has 0 saturated heterocycles. The minimum atomic E-state index is 0.00553. The number of aromatic nitrogens is 1. The first-order valence-corrected chi connectivity index (χ1v) is 6.92. The van der Waals surface area contributed by atoms with Crippen LogP contribution in [0.4, 0.5) is 0 Å². The Morgan fingerprint density at radius 2 is 2.05 bits per heavy atom. The molecule has 1 aromatic carbocycles. The van der Waals surface area contributed by atoms with Crippen LogP contribution in [0.3, 0.4) is 0 Å². The Balaban J connectivity index is 2.65. The molecule has 1 aromatic heterocycles. The summed E-state index contributed by atoms with van der Waals surface area (Å²) < 4.78 is 11.2. The van der Waals surface area contributed by atoms with E-state index in [2.05, 4.69) is 41.9 Å². The molecular formula is C15H15BrN2O2. The minimum absolute atomic E-state index is 0.00553. The van der Waals surface area contributed by atoms with Crippen LogP contribution >= 0.6 is 15.9 Å². The lowest BCUT2D eigenvalue weighted by Crippen LogP contribution is -2.11. The largest absolute Gasteiger partial charge is 0.496 e. The van der Waals surface area contributed by atoms with Crippen molar-refractivity contribution in [1.29, 1.82) is 5.26 Å². The highest BCUT2D eigenvalue weighted by molar-refractivity contribution is 9.10. The molecule has 0 aliphatic rings. The highest BCUT2D eigenvalue weighted by Gasteiger charge is 2.22. The molecule has 2 aromatic rings. The third kappa shape index (κ3) is 2.56. The smallest absolute Gasteiger partial charge is 0.198 e. The first-order chi connectivity index (χ1) is 9.38. The van der Waals surface area contributed by atoms with Crippen molar-refractivity contribution < 1.29 is 9.26 Å². The van der Waals surface area contributed by atoms with Gasteiger partial charge >= 0.3 is 0 Å². The molecule has 0 amide bonds. The maximum Gasteiger partial charge on any atom is 0.198 e. The van der Waals surface area contributed by atoms with E-state index in [-0.39, 0.29) is 11.1 Å². The van der Waals surface area contributed by atoms with Gasteiger partial charge in [0, 0.05) is 0 Å². The average Bonchev–Trinajstić information content (AvgIpc) is 2.78. The van der Waals surface area contributed by atoms with Crippen molar-refractivity contribution in [2.24, 2.45) is 0 Å². The molecular weight excluding hydrogens is 320 g/mol. The molecule has 0 unspecified atom stereocenters. The van der Waals surface area contributed by atoms with Gasteiger partial charge in [0.25, 0.3) is 0 Å². The molecule has 0 fully saturated rings.